The highest BCUT2D eigenvalue weighted by Crippen LogP contribution is 1.85. The highest BCUT2D eigenvalue weighted by Gasteiger charge is 2.16. The van der Waals surface area contributed by atoms with E-state index in [2.05, 4.69) is 10.6 Å². The van der Waals surface area contributed by atoms with Crippen molar-refractivity contribution >= 4 is 11.9 Å². The van der Waals surface area contributed by atoms with Gasteiger partial charge in [-0.25, -0.2) is 0 Å². The van der Waals surface area contributed by atoms with Crippen LogP contribution in [0.25, 0.3) is 0 Å². The van der Waals surface area contributed by atoms with E-state index < -0.39 is 12.0 Å². The van der Waals surface area contributed by atoms with Gasteiger partial charge in [0.2, 0.25) is 5.91 Å². The lowest BCUT2D eigenvalue weighted by atomic mass is 10.3. The van der Waals surface area contributed by atoms with Crippen molar-refractivity contribution < 1.29 is 14.7 Å². The average molecular weight is 204 g/mol. The van der Waals surface area contributed by atoms with Crippen molar-refractivity contribution in [3.8, 4) is 0 Å². The lowest BCUT2D eigenvalue weighted by Crippen LogP contribution is -2.46. The fraction of sp³-hybridized carbons (Fsp3) is 0.778. The van der Waals surface area contributed by atoms with Crippen molar-refractivity contribution in [2.75, 3.05) is 7.05 Å². The maximum absolute atomic E-state index is 11.1. The fourth-order valence-electron chi connectivity index (χ4n) is 0.531. The van der Waals surface area contributed by atoms with Gasteiger partial charge in [0.25, 0.3) is 0 Å². The van der Waals surface area contributed by atoms with Crippen LogP contribution >= 0.6 is 0 Å². The van der Waals surface area contributed by atoms with Gasteiger partial charge in [0.1, 0.15) is 6.04 Å². The zero-order valence-corrected chi connectivity index (χ0v) is 9.42. The third-order valence-electron chi connectivity index (χ3n) is 1.56. The molecule has 0 aliphatic rings. The van der Waals surface area contributed by atoms with Gasteiger partial charge in [-0.05, 0) is 20.9 Å². The second-order valence-corrected chi connectivity index (χ2v) is 2.58. The highest BCUT2D eigenvalue weighted by molar-refractivity contribution is 5.86. The van der Waals surface area contributed by atoms with Crippen LogP contribution in [0.4, 0.5) is 0 Å². The zero-order valence-electron chi connectivity index (χ0n) is 9.42. The SMILES string of the molecule is CC.CN[C@@H](C)C(=O)N[C@@H](C)C(=O)O. The van der Waals surface area contributed by atoms with Crippen LogP contribution < -0.4 is 10.6 Å². The first-order valence-corrected chi connectivity index (χ1v) is 4.69. The quantitative estimate of drug-likeness (QED) is 0.611. The topological polar surface area (TPSA) is 78.4 Å². The van der Waals surface area contributed by atoms with Gasteiger partial charge in [0, 0.05) is 0 Å². The Kier molecular flexibility index (Phi) is 9.33. The lowest BCUT2D eigenvalue weighted by Gasteiger charge is -2.13. The van der Waals surface area contributed by atoms with Crippen molar-refractivity contribution in [1.82, 2.24) is 10.6 Å². The summed E-state index contributed by atoms with van der Waals surface area (Å²) < 4.78 is 0. The molecule has 0 aromatic rings. The van der Waals surface area contributed by atoms with Gasteiger partial charge in [-0.15, -0.1) is 0 Å². The number of hydrogen-bond acceptors (Lipinski definition) is 3. The molecule has 0 fully saturated rings. The van der Waals surface area contributed by atoms with Gasteiger partial charge in [-0.1, -0.05) is 13.8 Å². The van der Waals surface area contributed by atoms with Crippen molar-refractivity contribution in [2.24, 2.45) is 0 Å². The van der Waals surface area contributed by atoms with Gasteiger partial charge >= 0.3 is 5.97 Å². The number of amides is 1. The number of carbonyl (C=O) groups is 2. The van der Waals surface area contributed by atoms with Gasteiger partial charge in [0.05, 0.1) is 6.04 Å². The molecule has 2 atom stereocenters. The van der Waals surface area contributed by atoms with E-state index in [9.17, 15) is 9.59 Å². The van der Waals surface area contributed by atoms with Gasteiger partial charge in [0.15, 0.2) is 0 Å². The van der Waals surface area contributed by atoms with Crippen LogP contribution in [-0.2, 0) is 9.59 Å². The lowest BCUT2D eigenvalue weighted by molar-refractivity contribution is -0.141. The number of carboxylic acid groups (broad SMARTS) is 1. The smallest absolute Gasteiger partial charge is 0.325 e. The van der Waals surface area contributed by atoms with Crippen LogP contribution in [0.15, 0.2) is 0 Å². The second-order valence-electron chi connectivity index (χ2n) is 2.58. The minimum atomic E-state index is -1.04. The first kappa shape index (κ1) is 15.4. The van der Waals surface area contributed by atoms with Gasteiger partial charge < -0.3 is 15.7 Å². The van der Waals surface area contributed by atoms with E-state index in [1.54, 1.807) is 14.0 Å². The summed E-state index contributed by atoms with van der Waals surface area (Å²) in [5, 5.41) is 13.5. The molecule has 3 N–H and O–H groups in total. The van der Waals surface area contributed by atoms with E-state index >= 15 is 0 Å². The molecule has 0 aromatic carbocycles. The Morgan fingerprint density at radius 3 is 1.86 bits per heavy atom. The molecule has 1 amide bonds. The molecular formula is C9H20N2O3. The van der Waals surface area contributed by atoms with Crippen molar-refractivity contribution in [1.29, 1.82) is 0 Å². The van der Waals surface area contributed by atoms with Crippen LogP contribution in [0, 0.1) is 0 Å². The Labute approximate surface area is 84.9 Å². The number of aliphatic carboxylic acids is 1. The normalized spacial score (nSPS) is 13.2. The molecule has 0 saturated heterocycles. The standard InChI is InChI=1S/C7H14N2O3.C2H6/c1-4(8-3)6(10)9-5(2)7(11)12;1-2/h4-5,8H,1-3H3,(H,9,10)(H,11,12);1-2H3/t4-,5-;/m0./s1. The van der Waals surface area contributed by atoms with Crippen LogP contribution in [0.1, 0.15) is 27.7 Å². The second kappa shape index (κ2) is 8.50. The molecule has 0 rings (SSSR count). The summed E-state index contributed by atoms with van der Waals surface area (Å²) in [5.74, 6) is -1.35. The first-order chi connectivity index (χ1) is 6.49. The van der Waals surface area contributed by atoms with Gasteiger partial charge in [-0.3, -0.25) is 9.59 Å². The molecular weight excluding hydrogens is 184 g/mol. The van der Waals surface area contributed by atoms with E-state index in [0.29, 0.717) is 0 Å². The molecule has 0 heterocycles. The van der Waals surface area contributed by atoms with Crippen LogP contribution in [0.3, 0.4) is 0 Å². The Morgan fingerprint density at radius 1 is 1.14 bits per heavy atom. The summed E-state index contributed by atoms with van der Waals surface area (Å²) in [4.78, 5) is 21.4. The van der Waals surface area contributed by atoms with Crippen LogP contribution in [0.5, 0.6) is 0 Å². The molecule has 84 valence electrons. The third kappa shape index (κ3) is 6.42. The Morgan fingerprint density at radius 2 is 1.57 bits per heavy atom. The minimum absolute atomic E-state index is 0.313. The van der Waals surface area contributed by atoms with Gasteiger partial charge in [-0.2, -0.15) is 0 Å². The number of nitrogens with one attached hydrogen (secondary N) is 2. The van der Waals surface area contributed by atoms with Crippen molar-refractivity contribution in [3.05, 3.63) is 0 Å². The number of rotatable bonds is 4. The van der Waals surface area contributed by atoms with Crippen molar-refractivity contribution in [2.45, 2.75) is 39.8 Å². The molecule has 0 aromatic heterocycles. The summed E-state index contributed by atoms with van der Waals surface area (Å²) in [7, 11) is 1.63. The molecule has 0 aliphatic heterocycles. The average Bonchev–Trinajstić information content (AvgIpc) is 2.19. The summed E-state index contributed by atoms with van der Waals surface area (Å²) >= 11 is 0. The maximum Gasteiger partial charge on any atom is 0.325 e. The summed E-state index contributed by atoms with van der Waals surface area (Å²) in [5.41, 5.74) is 0. The summed E-state index contributed by atoms with van der Waals surface area (Å²) in [6, 6.07) is -1.21. The molecule has 0 unspecified atom stereocenters. The maximum atomic E-state index is 11.1. The zero-order chi connectivity index (χ0) is 11.7. The van der Waals surface area contributed by atoms with E-state index in [1.807, 2.05) is 13.8 Å². The highest BCUT2D eigenvalue weighted by atomic mass is 16.4. The van der Waals surface area contributed by atoms with E-state index in [0.717, 1.165) is 0 Å². The Balaban J connectivity index is 0. The number of likely N-dealkylation sites (N-methyl/N-ethyl adjacent to an activating group) is 1. The monoisotopic (exact) mass is 204 g/mol. The predicted molar refractivity (Wildman–Crippen MR) is 55.1 cm³/mol. The van der Waals surface area contributed by atoms with Crippen molar-refractivity contribution in [3.63, 3.8) is 0 Å². The number of carbonyl (C=O) groups excluding carboxylic acids is 1. The molecule has 14 heavy (non-hydrogen) atoms. The Bertz CT molecular complexity index is 183. The third-order valence-corrected chi connectivity index (χ3v) is 1.56. The number of carboxylic acids is 1. The minimum Gasteiger partial charge on any atom is -0.480 e. The molecule has 5 heteroatoms. The predicted octanol–water partition coefficient (Wildman–Crippen LogP) is 0.210. The molecule has 0 bridgehead atoms. The first-order valence-electron chi connectivity index (χ1n) is 4.69. The number of hydrogen-bond donors (Lipinski definition) is 3. The summed E-state index contributed by atoms with van der Waals surface area (Å²) in [6.07, 6.45) is 0. The molecule has 5 nitrogen and oxygen atoms in total. The Hall–Kier alpha value is -1.10. The van der Waals surface area contributed by atoms with Crippen LogP contribution in [-0.4, -0.2) is 36.1 Å². The molecule has 0 spiro atoms. The van der Waals surface area contributed by atoms with E-state index in [-0.39, 0.29) is 11.9 Å². The molecule has 0 aliphatic carbocycles. The summed E-state index contributed by atoms with van der Waals surface area (Å²) in [6.45, 7) is 7.08. The van der Waals surface area contributed by atoms with E-state index in [4.69, 9.17) is 5.11 Å². The largest absolute Gasteiger partial charge is 0.480 e. The fourth-order valence-corrected chi connectivity index (χ4v) is 0.531. The molecule has 0 saturated carbocycles. The van der Waals surface area contributed by atoms with E-state index in [1.165, 1.54) is 6.92 Å². The molecule has 0 radical (unpaired) electrons. The van der Waals surface area contributed by atoms with Crippen LogP contribution in [0.2, 0.25) is 0 Å².